The van der Waals surface area contributed by atoms with Gasteiger partial charge in [0.2, 0.25) is 5.91 Å². The third-order valence-corrected chi connectivity index (χ3v) is 3.52. The van der Waals surface area contributed by atoms with Gasteiger partial charge in [-0.25, -0.2) is 0 Å². The Labute approximate surface area is 118 Å². The highest BCUT2D eigenvalue weighted by Crippen LogP contribution is 2.18. The summed E-state index contributed by atoms with van der Waals surface area (Å²) in [6.45, 7) is 0.969. The number of carbonyl (C=O) groups excluding carboxylic acids is 2. The molecule has 1 heterocycles. The molecule has 108 valence electrons. The van der Waals surface area contributed by atoms with Gasteiger partial charge >= 0.3 is 5.97 Å². The van der Waals surface area contributed by atoms with Crippen molar-refractivity contribution in [3.63, 3.8) is 0 Å². The highest BCUT2D eigenvalue weighted by molar-refractivity contribution is 5.87. The Hall–Kier alpha value is -1.88. The quantitative estimate of drug-likeness (QED) is 0.800. The second-order valence-electron chi connectivity index (χ2n) is 4.89. The molecule has 2 unspecified atom stereocenters. The first-order chi connectivity index (χ1) is 9.72. The van der Waals surface area contributed by atoms with Crippen LogP contribution >= 0.6 is 0 Å². The summed E-state index contributed by atoms with van der Waals surface area (Å²) in [5, 5.41) is 5.69. The van der Waals surface area contributed by atoms with E-state index in [9.17, 15) is 9.59 Å². The van der Waals surface area contributed by atoms with Crippen molar-refractivity contribution < 1.29 is 14.3 Å². The number of benzene rings is 1. The molecule has 5 heteroatoms. The van der Waals surface area contributed by atoms with Gasteiger partial charge in [-0.15, -0.1) is 0 Å². The summed E-state index contributed by atoms with van der Waals surface area (Å²) in [5.41, 5.74) is 0.938. The number of hydrogen-bond acceptors (Lipinski definition) is 4. The van der Waals surface area contributed by atoms with Crippen LogP contribution in [0.1, 0.15) is 18.4 Å². The minimum atomic E-state index is -0.549. The van der Waals surface area contributed by atoms with Gasteiger partial charge in [0.05, 0.1) is 5.92 Å². The summed E-state index contributed by atoms with van der Waals surface area (Å²) < 4.78 is 5.31. The Kier molecular flexibility index (Phi) is 5.12. The number of piperidine rings is 1. The van der Waals surface area contributed by atoms with Crippen LogP contribution in [0.2, 0.25) is 0 Å². The summed E-state index contributed by atoms with van der Waals surface area (Å²) >= 11 is 0. The van der Waals surface area contributed by atoms with Crippen LogP contribution in [0.4, 0.5) is 0 Å². The highest BCUT2D eigenvalue weighted by atomic mass is 16.5. The van der Waals surface area contributed by atoms with E-state index in [1.165, 1.54) is 0 Å². The average molecular weight is 276 g/mol. The first-order valence-corrected chi connectivity index (χ1v) is 6.88. The van der Waals surface area contributed by atoms with Crippen molar-refractivity contribution in [2.45, 2.75) is 25.5 Å². The van der Waals surface area contributed by atoms with Crippen molar-refractivity contribution in [3.05, 3.63) is 35.9 Å². The van der Waals surface area contributed by atoms with E-state index in [1.54, 1.807) is 7.05 Å². The zero-order valence-corrected chi connectivity index (χ0v) is 11.6. The predicted octanol–water partition coefficient (Wildman–Crippen LogP) is 0.844. The summed E-state index contributed by atoms with van der Waals surface area (Å²) in [6, 6.07) is 8.96. The molecule has 1 aliphatic rings. The van der Waals surface area contributed by atoms with E-state index < -0.39 is 6.04 Å². The van der Waals surface area contributed by atoms with Crippen LogP contribution in [0.5, 0.6) is 0 Å². The van der Waals surface area contributed by atoms with Gasteiger partial charge in [-0.3, -0.25) is 9.59 Å². The molecular weight excluding hydrogens is 256 g/mol. The number of carbonyl (C=O) groups is 2. The Morgan fingerprint density at radius 1 is 1.35 bits per heavy atom. The molecule has 2 N–H and O–H groups in total. The highest BCUT2D eigenvalue weighted by Gasteiger charge is 2.36. The third-order valence-electron chi connectivity index (χ3n) is 3.52. The number of nitrogens with one attached hydrogen (secondary N) is 2. The molecule has 0 radical (unpaired) electrons. The molecule has 1 amide bonds. The van der Waals surface area contributed by atoms with Crippen molar-refractivity contribution in [1.82, 2.24) is 10.6 Å². The monoisotopic (exact) mass is 276 g/mol. The number of amides is 1. The van der Waals surface area contributed by atoms with Crippen LogP contribution in [0.25, 0.3) is 0 Å². The van der Waals surface area contributed by atoms with Crippen LogP contribution in [-0.4, -0.2) is 31.5 Å². The van der Waals surface area contributed by atoms with Crippen LogP contribution in [0, 0.1) is 5.92 Å². The smallest absolute Gasteiger partial charge is 0.324 e. The Morgan fingerprint density at radius 3 is 2.80 bits per heavy atom. The predicted molar refractivity (Wildman–Crippen MR) is 74.8 cm³/mol. The lowest BCUT2D eigenvalue weighted by atomic mass is 9.90. The molecular formula is C15H20N2O3. The topological polar surface area (TPSA) is 67.4 Å². The summed E-state index contributed by atoms with van der Waals surface area (Å²) in [7, 11) is 1.59. The molecule has 0 saturated carbocycles. The van der Waals surface area contributed by atoms with E-state index in [1.807, 2.05) is 30.3 Å². The van der Waals surface area contributed by atoms with Crippen molar-refractivity contribution in [2.75, 3.05) is 13.6 Å². The molecule has 1 aromatic rings. The molecule has 0 aliphatic carbocycles. The van der Waals surface area contributed by atoms with E-state index in [2.05, 4.69) is 10.6 Å². The molecule has 0 bridgehead atoms. The molecule has 1 aromatic carbocycles. The first kappa shape index (κ1) is 14.5. The third kappa shape index (κ3) is 3.57. The minimum absolute atomic E-state index is 0.112. The largest absolute Gasteiger partial charge is 0.460 e. The Morgan fingerprint density at radius 2 is 2.10 bits per heavy atom. The second kappa shape index (κ2) is 7.05. The van der Waals surface area contributed by atoms with Gasteiger partial charge in [0.25, 0.3) is 0 Å². The zero-order chi connectivity index (χ0) is 14.4. The molecule has 2 atom stereocenters. The van der Waals surface area contributed by atoms with Crippen LogP contribution in [0.15, 0.2) is 30.3 Å². The van der Waals surface area contributed by atoms with E-state index in [4.69, 9.17) is 4.74 Å². The van der Waals surface area contributed by atoms with E-state index in [0.29, 0.717) is 6.42 Å². The summed E-state index contributed by atoms with van der Waals surface area (Å²) in [6.07, 6.45) is 1.60. The maximum absolute atomic E-state index is 12.1. The molecule has 1 saturated heterocycles. The minimum Gasteiger partial charge on any atom is -0.460 e. The van der Waals surface area contributed by atoms with Crippen molar-refractivity contribution in [1.29, 1.82) is 0 Å². The number of hydrogen-bond donors (Lipinski definition) is 2. The second-order valence-corrected chi connectivity index (χ2v) is 4.89. The fraction of sp³-hybridized carbons (Fsp3) is 0.467. The van der Waals surface area contributed by atoms with Gasteiger partial charge in [0, 0.05) is 7.05 Å². The van der Waals surface area contributed by atoms with Gasteiger partial charge in [-0.05, 0) is 24.9 Å². The van der Waals surface area contributed by atoms with Crippen LogP contribution in [-0.2, 0) is 20.9 Å². The van der Waals surface area contributed by atoms with Crippen LogP contribution < -0.4 is 10.6 Å². The lowest BCUT2D eigenvalue weighted by molar-refractivity contribution is -0.152. The fourth-order valence-electron chi connectivity index (χ4n) is 2.42. The molecule has 5 nitrogen and oxygen atoms in total. The van der Waals surface area contributed by atoms with Gasteiger partial charge in [-0.2, -0.15) is 0 Å². The van der Waals surface area contributed by atoms with E-state index in [0.717, 1.165) is 18.5 Å². The summed E-state index contributed by atoms with van der Waals surface area (Å²) in [4.78, 5) is 23.9. The van der Waals surface area contributed by atoms with Gasteiger partial charge in [0.1, 0.15) is 12.6 Å². The van der Waals surface area contributed by atoms with Crippen molar-refractivity contribution in [2.24, 2.45) is 5.92 Å². The maximum atomic E-state index is 12.1. The fourth-order valence-corrected chi connectivity index (χ4v) is 2.42. The van der Waals surface area contributed by atoms with Crippen LogP contribution in [0.3, 0.4) is 0 Å². The first-order valence-electron chi connectivity index (χ1n) is 6.88. The Bertz CT molecular complexity index is 461. The molecule has 1 fully saturated rings. The molecule has 20 heavy (non-hydrogen) atoms. The molecule has 0 aromatic heterocycles. The van der Waals surface area contributed by atoms with Gasteiger partial charge in [0.15, 0.2) is 0 Å². The summed E-state index contributed by atoms with van der Waals surface area (Å²) in [5.74, 6) is -0.821. The number of esters is 1. The SMILES string of the molecule is CNC(=O)C1CCCNC1C(=O)OCc1ccccc1. The molecule has 1 aliphatic heterocycles. The number of ether oxygens (including phenoxy) is 1. The Balaban J connectivity index is 1.94. The van der Waals surface area contributed by atoms with E-state index >= 15 is 0 Å². The van der Waals surface area contributed by atoms with E-state index in [-0.39, 0.29) is 24.4 Å². The average Bonchev–Trinajstić information content (AvgIpc) is 2.52. The number of rotatable bonds is 4. The van der Waals surface area contributed by atoms with Gasteiger partial charge in [-0.1, -0.05) is 30.3 Å². The van der Waals surface area contributed by atoms with Crippen molar-refractivity contribution >= 4 is 11.9 Å². The normalized spacial score (nSPS) is 22.1. The molecule has 2 rings (SSSR count). The van der Waals surface area contributed by atoms with Gasteiger partial charge < -0.3 is 15.4 Å². The zero-order valence-electron chi connectivity index (χ0n) is 11.6. The van der Waals surface area contributed by atoms with Crippen molar-refractivity contribution in [3.8, 4) is 0 Å². The maximum Gasteiger partial charge on any atom is 0.324 e. The lowest BCUT2D eigenvalue weighted by Crippen LogP contribution is -2.52. The lowest BCUT2D eigenvalue weighted by Gasteiger charge is -2.29. The standard InChI is InChI=1S/C15H20N2O3/c1-16-14(18)12-8-5-9-17-13(12)15(19)20-10-11-6-3-2-4-7-11/h2-4,6-7,12-13,17H,5,8-10H2,1H3,(H,16,18). The molecule has 0 spiro atoms.